The summed E-state index contributed by atoms with van der Waals surface area (Å²) in [7, 11) is 1.59. The highest BCUT2D eigenvalue weighted by molar-refractivity contribution is 5.96. The van der Waals surface area contributed by atoms with Gasteiger partial charge in [0.15, 0.2) is 11.5 Å². The van der Waals surface area contributed by atoms with Gasteiger partial charge in [-0.2, -0.15) is 0 Å². The Morgan fingerprint density at radius 3 is 2.72 bits per heavy atom. The van der Waals surface area contributed by atoms with E-state index in [4.69, 9.17) is 14.2 Å². The minimum Gasteiger partial charge on any atom is -0.493 e. The first-order valence-electron chi connectivity index (χ1n) is 10.8. The van der Waals surface area contributed by atoms with Crippen LogP contribution >= 0.6 is 0 Å². The van der Waals surface area contributed by atoms with Crippen molar-refractivity contribution in [3.8, 4) is 11.5 Å². The zero-order valence-corrected chi connectivity index (χ0v) is 18.8. The van der Waals surface area contributed by atoms with E-state index < -0.39 is 0 Å². The predicted molar refractivity (Wildman–Crippen MR) is 122 cm³/mol. The largest absolute Gasteiger partial charge is 0.493 e. The highest BCUT2D eigenvalue weighted by Crippen LogP contribution is 2.29. The summed E-state index contributed by atoms with van der Waals surface area (Å²) in [5.41, 5.74) is 1.88. The Labute approximate surface area is 188 Å². The number of benzene rings is 2. The molecule has 1 saturated heterocycles. The van der Waals surface area contributed by atoms with Gasteiger partial charge >= 0.3 is 6.03 Å². The van der Waals surface area contributed by atoms with Gasteiger partial charge in [-0.3, -0.25) is 4.79 Å². The fourth-order valence-electron chi connectivity index (χ4n) is 3.35. The molecule has 0 bridgehead atoms. The number of rotatable bonds is 9. The van der Waals surface area contributed by atoms with Crippen LogP contribution in [0.1, 0.15) is 42.6 Å². The number of urea groups is 1. The van der Waals surface area contributed by atoms with Crippen molar-refractivity contribution in [3.63, 3.8) is 0 Å². The Kier molecular flexibility index (Phi) is 8.33. The highest BCUT2D eigenvalue weighted by atomic mass is 16.5. The van der Waals surface area contributed by atoms with Crippen LogP contribution in [0.2, 0.25) is 0 Å². The van der Waals surface area contributed by atoms with Crippen molar-refractivity contribution in [2.75, 3.05) is 25.6 Å². The summed E-state index contributed by atoms with van der Waals surface area (Å²) < 4.78 is 16.9. The number of nitrogens with one attached hydrogen (secondary N) is 3. The number of amides is 3. The number of methoxy groups -OCH3 is 1. The first-order chi connectivity index (χ1) is 15.4. The number of carbonyl (C=O) groups is 2. The fourth-order valence-corrected chi connectivity index (χ4v) is 3.35. The van der Waals surface area contributed by atoms with Gasteiger partial charge in [-0.1, -0.05) is 12.1 Å². The van der Waals surface area contributed by atoms with E-state index >= 15 is 0 Å². The Hall–Kier alpha value is -3.26. The van der Waals surface area contributed by atoms with E-state index in [9.17, 15) is 9.59 Å². The van der Waals surface area contributed by atoms with E-state index in [0.29, 0.717) is 35.9 Å². The molecule has 32 heavy (non-hydrogen) atoms. The van der Waals surface area contributed by atoms with E-state index in [1.54, 1.807) is 31.4 Å². The maximum atomic E-state index is 12.6. The molecule has 3 N–H and O–H groups in total. The van der Waals surface area contributed by atoms with Gasteiger partial charge in [-0.25, -0.2) is 4.79 Å². The van der Waals surface area contributed by atoms with Gasteiger partial charge in [0.05, 0.1) is 13.2 Å². The molecule has 0 aromatic heterocycles. The summed E-state index contributed by atoms with van der Waals surface area (Å²) in [6.45, 7) is 5.36. The number of hydrogen-bond donors (Lipinski definition) is 3. The van der Waals surface area contributed by atoms with Gasteiger partial charge in [0.1, 0.15) is 6.61 Å². The third kappa shape index (κ3) is 6.88. The second-order valence-corrected chi connectivity index (χ2v) is 7.95. The Morgan fingerprint density at radius 1 is 1.16 bits per heavy atom. The average Bonchev–Trinajstić information content (AvgIpc) is 3.29. The number of hydrogen-bond acceptors (Lipinski definition) is 5. The molecule has 0 aliphatic carbocycles. The molecule has 1 unspecified atom stereocenters. The van der Waals surface area contributed by atoms with E-state index in [1.807, 2.05) is 32.0 Å². The minimum atomic E-state index is -0.313. The Bertz CT molecular complexity index is 926. The third-order valence-corrected chi connectivity index (χ3v) is 4.93. The molecule has 0 saturated carbocycles. The maximum absolute atomic E-state index is 12.6. The molecule has 3 amide bonds. The summed E-state index contributed by atoms with van der Waals surface area (Å²) in [5.74, 6) is 1.02. The molecule has 1 aliphatic rings. The van der Waals surface area contributed by atoms with E-state index in [0.717, 1.165) is 25.0 Å². The lowest BCUT2D eigenvalue weighted by atomic mass is 10.1. The van der Waals surface area contributed by atoms with Crippen LogP contribution in [0.25, 0.3) is 0 Å². The van der Waals surface area contributed by atoms with Crippen molar-refractivity contribution in [1.29, 1.82) is 0 Å². The normalized spacial score (nSPS) is 15.3. The fraction of sp³-hybridized carbons (Fsp3) is 0.417. The van der Waals surface area contributed by atoms with Crippen LogP contribution in [-0.4, -0.2) is 44.4 Å². The summed E-state index contributed by atoms with van der Waals surface area (Å²) >= 11 is 0. The van der Waals surface area contributed by atoms with Crippen molar-refractivity contribution in [2.45, 2.75) is 45.4 Å². The predicted octanol–water partition coefficient (Wildman–Crippen LogP) is 3.71. The summed E-state index contributed by atoms with van der Waals surface area (Å²) in [6, 6.07) is 12.1. The molecule has 1 heterocycles. The zero-order valence-electron chi connectivity index (χ0n) is 18.8. The monoisotopic (exact) mass is 441 g/mol. The smallest absolute Gasteiger partial charge is 0.319 e. The molecule has 1 fully saturated rings. The van der Waals surface area contributed by atoms with Crippen LogP contribution in [0, 0.1) is 0 Å². The second-order valence-electron chi connectivity index (χ2n) is 7.95. The lowest BCUT2D eigenvalue weighted by molar-refractivity contribution is 0.0669. The average molecular weight is 442 g/mol. The lowest BCUT2D eigenvalue weighted by Crippen LogP contribution is -2.34. The maximum Gasteiger partial charge on any atom is 0.319 e. The molecular formula is C24H31N3O5. The SMILES string of the molecule is COc1cc(CNC(=O)c2cccc(NC(=O)NC(C)C)c2)ccc1OCC1CCCO1. The molecule has 1 aliphatic heterocycles. The summed E-state index contributed by atoms with van der Waals surface area (Å²) in [4.78, 5) is 24.5. The number of ether oxygens (including phenoxy) is 3. The lowest BCUT2D eigenvalue weighted by Gasteiger charge is -2.15. The molecule has 172 valence electrons. The quantitative estimate of drug-likeness (QED) is 0.551. The molecule has 0 spiro atoms. The Morgan fingerprint density at radius 2 is 2.00 bits per heavy atom. The van der Waals surface area contributed by atoms with Crippen LogP contribution in [0.4, 0.5) is 10.5 Å². The summed E-state index contributed by atoms with van der Waals surface area (Å²) in [5, 5.41) is 8.37. The van der Waals surface area contributed by atoms with Crippen LogP contribution in [0.15, 0.2) is 42.5 Å². The highest BCUT2D eigenvalue weighted by Gasteiger charge is 2.17. The molecule has 0 radical (unpaired) electrons. The second kappa shape index (κ2) is 11.4. The third-order valence-electron chi connectivity index (χ3n) is 4.93. The standard InChI is InChI=1S/C24H31N3O5/c1-16(2)26-24(29)27-19-7-4-6-18(13-19)23(28)25-14-17-9-10-21(22(12-17)30-3)32-15-20-8-5-11-31-20/h4,6-7,9-10,12-13,16,20H,5,8,11,14-15H2,1-3H3,(H,25,28)(H2,26,27,29). The van der Waals surface area contributed by atoms with Crippen LogP contribution in [0.3, 0.4) is 0 Å². The van der Waals surface area contributed by atoms with Crippen molar-refractivity contribution < 1.29 is 23.8 Å². The number of anilines is 1. The molecule has 2 aromatic carbocycles. The van der Waals surface area contributed by atoms with Crippen LogP contribution in [-0.2, 0) is 11.3 Å². The van der Waals surface area contributed by atoms with Gasteiger partial charge < -0.3 is 30.2 Å². The molecular weight excluding hydrogens is 410 g/mol. The van der Waals surface area contributed by atoms with Gasteiger partial charge in [-0.05, 0) is 62.6 Å². The topological polar surface area (TPSA) is 97.9 Å². The minimum absolute atomic E-state index is 0.0197. The van der Waals surface area contributed by atoms with Crippen molar-refractivity contribution in [2.24, 2.45) is 0 Å². The van der Waals surface area contributed by atoms with Crippen LogP contribution in [0.5, 0.6) is 11.5 Å². The molecule has 1 atom stereocenters. The molecule has 3 rings (SSSR count). The van der Waals surface area contributed by atoms with Crippen molar-refractivity contribution >= 4 is 17.6 Å². The first kappa shape index (κ1) is 23.4. The molecule has 8 heteroatoms. The van der Waals surface area contributed by atoms with E-state index in [-0.39, 0.29) is 24.1 Å². The van der Waals surface area contributed by atoms with Crippen molar-refractivity contribution in [3.05, 3.63) is 53.6 Å². The Balaban J connectivity index is 1.55. The van der Waals surface area contributed by atoms with E-state index in [2.05, 4.69) is 16.0 Å². The first-order valence-corrected chi connectivity index (χ1v) is 10.8. The van der Waals surface area contributed by atoms with E-state index in [1.165, 1.54) is 0 Å². The van der Waals surface area contributed by atoms with Crippen LogP contribution < -0.4 is 25.4 Å². The molecule has 8 nitrogen and oxygen atoms in total. The summed E-state index contributed by atoms with van der Waals surface area (Å²) in [6.07, 6.45) is 2.19. The van der Waals surface area contributed by atoms with Gasteiger partial charge in [0.25, 0.3) is 5.91 Å². The van der Waals surface area contributed by atoms with Crippen molar-refractivity contribution in [1.82, 2.24) is 10.6 Å². The van der Waals surface area contributed by atoms with Gasteiger partial charge in [-0.15, -0.1) is 0 Å². The zero-order chi connectivity index (χ0) is 22.9. The number of carbonyl (C=O) groups excluding carboxylic acids is 2. The van der Waals surface area contributed by atoms with Gasteiger partial charge in [0, 0.05) is 30.4 Å². The molecule has 2 aromatic rings. The van der Waals surface area contributed by atoms with Gasteiger partial charge in [0.2, 0.25) is 0 Å².